The second-order valence-electron chi connectivity index (χ2n) is 1.99. The summed E-state index contributed by atoms with van der Waals surface area (Å²) in [6, 6.07) is 0. The van der Waals surface area contributed by atoms with Crippen molar-refractivity contribution in [3.05, 3.63) is 0 Å². The standard InChI is InChI=1S/2C3H6O3.Cr/c2*1-2(4)3(5)6;/h2*2,4H,1H3,(H,5,6);/q;;+2/p-2/t2*2-;/m11./s1. The number of aliphatic hydroxyl groups excluding tert-OH is 2. The maximum atomic E-state index is 9.34. The van der Waals surface area contributed by atoms with Gasteiger partial charge in [0, 0.05) is 0 Å². The minimum absolute atomic E-state index is 0. The zero-order valence-electron chi connectivity index (χ0n) is 7.09. The van der Waals surface area contributed by atoms with Crippen LogP contribution in [0.25, 0.3) is 0 Å². The first-order valence-corrected chi connectivity index (χ1v) is 3.06. The Morgan fingerprint density at radius 2 is 1.08 bits per heavy atom. The molecule has 0 amide bonds. The molecule has 0 fully saturated rings. The first-order chi connectivity index (χ1) is 5.29. The number of hydrogen-bond donors (Lipinski definition) is 2. The van der Waals surface area contributed by atoms with Crippen LogP contribution in [0.15, 0.2) is 0 Å². The second-order valence-corrected chi connectivity index (χ2v) is 1.99. The molecule has 0 aliphatic rings. The van der Waals surface area contributed by atoms with Gasteiger partial charge >= 0.3 is 17.4 Å². The fraction of sp³-hybridized carbons (Fsp3) is 0.667. The molecule has 0 aromatic rings. The number of hydrogen-bond acceptors (Lipinski definition) is 6. The van der Waals surface area contributed by atoms with Crippen molar-refractivity contribution in [3.63, 3.8) is 0 Å². The first kappa shape index (κ1) is 18.2. The van der Waals surface area contributed by atoms with Gasteiger partial charge in [0.25, 0.3) is 0 Å². The molecular formula is C6H10CrO6. The molecule has 0 saturated carbocycles. The van der Waals surface area contributed by atoms with E-state index in [0.29, 0.717) is 0 Å². The molecule has 2 atom stereocenters. The number of carboxylic acids is 2. The molecule has 0 aliphatic carbocycles. The van der Waals surface area contributed by atoms with Gasteiger partial charge in [-0.15, -0.1) is 0 Å². The van der Waals surface area contributed by atoms with E-state index in [0.717, 1.165) is 13.8 Å². The number of aliphatic carboxylic acids is 2. The zero-order chi connectivity index (χ0) is 10.3. The van der Waals surface area contributed by atoms with E-state index < -0.39 is 24.1 Å². The van der Waals surface area contributed by atoms with Gasteiger partial charge in [-0.05, 0) is 13.8 Å². The maximum Gasteiger partial charge on any atom is 2.00 e. The molecule has 0 radical (unpaired) electrons. The van der Waals surface area contributed by atoms with Crippen LogP contribution in [0.2, 0.25) is 0 Å². The van der Waals surface area contributed by atoms with Gasteiger partial charge in [0.1, 0.15) is 0 Å². The summed E-state index contributed by atoms with van der Waals surface area (Å²) in [6.07, 6.45) is -2.69. The van der Waals surface area contributed by atoms with E-state index in [1.165, 1.54) is 0 Å². The van der Waals surface area contributed by atoms with E-state index in [2.05, 4.69) is 0 Å². The Kier molecular flexibility index (Phi) is 13.3. The van der Waals surface area contributed by atoms with Crippen LogP contribution >= 0.6 is 0 Å². The molecule has 6 nitrogen and oxygen atoms in total. The molecule has 0 rings (SSSR count). The van der Waals surface area contributed by atoms with Gasteiger partial charge in [0.05, 0.1) is 24.1 Å². The average Bonchev–Trinajstić information content (AvgIpc) is 1.88. The third kappa shape index (κ3) is 18.4. The van der Waals surface area contributed by atoms with E-state index in [-0.39, 0.29) is 17.4 Å². The van der Waals surface area contributed by atoms with E-state index in [9.17, 15) is 19.8 Å². The van der Waals surface area contributed by atoms with Gasteiger partial charge < -0.3 is 30.0 Å². The van der Waals surface area contributed by atoms with Crippen molar-refractivity contribution in [2.45, 2.75) is 26.1 Å². The van der Waals surface area contributed by atoms with E-state index >= 15 is 0 Å². The van der Waals surface area contributed by atoms with Crippen molar-refractivity contribution in [2.24, 2.45) is 0 Å². The molecule has 7 heteroatoms. The minimum atomic E-state index is -1.44. The minimum Gasteiger partial charge on any atom is -0.547 e. The van der Waals surface area contributed by atoms with Gasteiger partial charge in [-0.25, -0.2) is 0 Å². The molecule has 0 bridgehead atoms. The van der Waals surface area contributed by atoms with Crippen molar-refractivity contribution in [1.82, 2.24) is 0 Å². The van der Waals surface area contributed by atoms with Crippen molar-refractivity contribution < 1.29 is 47.4 Å². The summed E-state index contributed by atoms with van der Waals surface area (Å²) in [5.74, 6) is -2.87. The zero-order valence-corrected chi connectivity index (χ0v) is 8.37. The Morgan fingerprint density at radius 3 is 1.08 bits per heavy atom. The van der Waals surface area contributed by atoms with Crippen LogP contribution in [0.1, 0.15) is 13.8 Å². The number of carbonyl (C=O) groups excluding carboxylic acids is 2. The fourth-order valence-corrected chi connectivity index (χ4v) is 0. The van der Waals surface area contributed by atoms with Crippen LogP contribution in [0.5, 0.6) is 0 Å². The summed E-state index contributed by atoms with van der Waals surface area (Å²) in [6.45, 7) is 2.27. The van der Waals surface area contributed by atoms with Crippen LogP contribution in [-0.4, -0.2) is 34.4 Å². The van der Waals surface area contributed by atoms with Crippen LogP contribution in [0, 0.1) is 0 Å². The van der Waals surface area contributed by atoms with E-state index in [1.807, 2.05) is 0 Å². The number of rotatable bonds is 2. The van der Waals surface area contributed by atoms with E-state index in [1.54, 1.807) is 0 Å². The summed E-state index contributed by atoms with van der Waals surface area (Å²) in [4.78, 5) is 18.7. The smallest absolute Gasteiger partial charge is 0.547 e. The van der Waals surface area contributed by atoms with Gasteiger partial charge in [-0.1, -0.05) is 0 Å². The van der Waals surface area contributed by atoms with Gasteiger partial charge in [0.2, 0.25) is 0 Å². The summed E-state index contributed by atoms with van der Waals surface area (Å²) >= 11 is 0. The molecule has 2 N–H and O–H groups in total. The van der Waals surface area contributed by atoms with E-state index in [4.69, 9.17) is 10.2 Å². The van der Waals surface area contributed by atoms with Crippen LogP contribution in [-0.2, 0) is 27.0 Å². The Hall–Kier alpha value is -0.608. The average molecular weight is 230 g/mol. The molecule has 0 aromatic carbocycles. The predicted octanol–water partition coefficient (Wildman–Crippen LogP) is -3.77. The number of carbonyl (C=O) groups is 2. The Balaban J connectivity index is -0.000000143. The molecular weight excluding hydrogens is 220 g/mol. The van der Waals surface area contributed by atoms with Crippen molar-refractivity contribution >= 4 is 11.9 Å². The van der Waals surface area contributed by atoms with Crippen molar-refractivity contribution in [3.8, 4) is 0 Å². The third-order valence-corrected chi connectivity index (χ3v) is 0.682. The van der Waals surface area contributed by atoms with Gasteiger partial charge in [-0.3, -0.25) is 0 Å². The maximum absolute atomic E-state index is 9.34. The SMILES string of the molecule is C[C@@H](O)C(=O)[O-].C[C@@H](O)C(=O)[O-].[Cr+2]. The van der Waals surface area contributed by atoms with Crippen molar-refractivity contribution in [1.29, 1.82) is 0 Å². The molecule has 0 saturated heterocycles. The molecule has 0 unspecified atom stereocenters. The Labute approximate surface area is 85.9 Å². The Morgan fingerprint density at radius 1 is 1.00 bits per heavy atom. The molecule has 0 heterocycles. The fourth-order valence-electron chi connectivity index (χ4n) is 0. The summed E-state index contributed by atoms with van der Waals surface area (Å²) in [5, 5.41) is 34.6. The summed E-state index contributed by atoms with van der Waals surface area (Å²) in [7, 11) is 0. The first-order valence-electron chi connectivity index (χ1n) is 3.06. The normalized spacial score (nSPS) is 12.6. The quantitative estimate of drug-likeness (QED) is 0.502. The molecule has 13 heavy (non-hydrogen) atoms. The van der Waals surface area contributed by atoms with Crippen molar-refractivity contribution in [2.75, 3.05) is 0 Å². The van der Waals surface area contributed by atoms with Crippen LogP contribution < -0.4 is 10.2 Å². The predicted molar refractivity (Wildman–Crippen MR) is 33.4 cm³/mol. The topological polar surface area (TPSA) is 121 Å². The number of carboxylic acid groups (broad SMARTS) is 2. The largest absolute Gasteiger partial charge is 2.00 e. The second kappa shape index (κ2) is 9.48. The van der Waals surface area contributed by atoms with Crippen LogP contribution in [0.4, 0.5) is 0 Å². The Bertz CT molecular complexity index is 137. The third-order valence-electron chi connectivity index (χ3n) is 0.682. The molecule has 0 aromatic heterocycles. The van der Waals surface area contributed by atoms with Gasteiger partial charge in [0.15, 0.2) is 0 Å². The monoisotopic (exact) mass is 230 g/mol. The molecule has 0 aliphatic heterocycles. The van der Waals surface area contributed by atoms with Crippen LogP contribution in [0.3, 0.4) is 0 Å². The summed E-state index contributed by atoms with van der Waals surface area (Å²) < 4.78 is 0. The molecule has 0 spiro atoms. The summed E-state index contributed by atoms with van der Waals surface area (Å²) in [5.41, 5.74) is 0. The van der Waals surface area contributed by atoms with Gasteiger partial charge in [-0.2, -0.15) is 0 Å². The molecule has 76 valence electrons. The number of aliphatic hydroxyl groups is 2.